The number of phenolic OH excluding ortho intramolecular Hbond substituents is 1. The molecule has 2 aromatic rings. The maximum Gasteiger partial charge on any atom is 0.200 e. The predicted molar refractivity (Wildman–Crippen MR) is 188 cm³/mol. The number of β-amino-alcohol motifs (C(OH)–C–C–N with tert-alkyl or cyclic N) is 1. The third-order valence-corrected chi connectivity index (χ3v) is 8.86. The molecular weight excluding hydrogens is 595 g/mol. The minimum Gasteiger partial charge on any atom is -0.502 e. The number of benzene rings is 2. The number of aromatic hydroxyl groups is 1. The van der Waals surface area contributed by atoms with Crippen LogP contribution in [0.2, 0.25) is 0 Å². The first-order chi connectivity index (χ1) is 22.9. The van der Waals surface area contributed by atoms with Gasteiger partial charge in [0.1, 0.15) is 5.82 Å². The van der Waals surface area contributed by atoms with E-state index in [1.54, 1.807) is 30.3 Å². The number of hydrogen-bond donors (Lipinski definition) is 2. The Kier molecular flexibility index (Phi) is 18.3. The Labute approximate surface area is 282 Å². The number of nitrogens with zero attached hydrogens (tertiary/aromatic N) is 2. The highest BCUT2D eigenvalue weighted by Gasteiger charge is 2.20. The third-order valence-electron chi connectivity index (χ3n) is 8.86. The second kappa shape index (κ2) is 22.5. The third kappa shape index (κ3) is 14.7. The molecule has 1 aliphatic heterocycles. The van der Waals surface area contributed by atoms with E-state index >= 15 is 0 Å². The van der Waals surface area contributed by atoms with Crippen molar-refractivity contribution >= 4 is 5.78 Å². The summed E-state index contributed by atoms with van der Waals surface area (Å²) in [6, 6.07) is 9.21. The Morgan fingerprint density at radius 2 is 1.28 bits per heavy atom. The van der Waals surface area contributed by atoms with Crippen LogP contribution >= 0.6 is 0 Å². The highest BCUT2D eigenvalue weighted by molar-refractivity contribution is 6.05. The molecule has 0 radical (unpaired) electrons. The molecule has 47 heavy (non-hydrogen) atoms. The maximum atomic E-state index is 13.3. The van der Waals surface area contributed by atoms with Crippen LogP contribution in [-0.4, -0.2) is 71.7 Å². The Morgan fingerprint density at radius 1 is 0.787 bits per heavy atom. The number of allylic oxidation sites excluding steroid dienone is 1. The van der Waals surface area contributed by atoms with E-state index in [9.17, 15) is 19.4 Å². The van der Waals surface area contributed by atoms with Gasteiger partial charge in [-0.05, 0) is 42.7 Å². The van der Waals surface area contributed by atoms with Crippen molar-refractivity contribution in [3.63, 3.8) is 0 Å². The lowest BCUT2D eigenvalue weighted by Crippen LogP contribution is -2.45. The van der Waals surface area contributed by atoms with Gasteiger partial charge < -0.3 is 24.6 Å². The number of unbranched alkanes of at least 4 members (excludes halogenated alkanes) is 12. The molecule has 2 aromatic carbocycles. The van der Waals surface area contributed by atoms with E-state index in [-0.39, 0.29) is 28.8 Å². The van der Waals surface area contributed by atoms with Crippen molar-refractivity contribution in [2.75, 3.05) is 45.9 Å². The number of aliphatic hydroxyl groups excluding tert-OH is 1. The Bertz CT molecular complexity index is 1140. The predicted octanol–water partition coefficient (Wildman–Crippen LogP) is 8.84. The molecule has 0 saturated carbocycles. The molecule has 0 spiro atoms. The van der Waals surface area contributed by atoms with Crippen LogP contribution in [0.15, 0.2) is 48.7 Å². The molecule has 0 amide bonds. The zero-order chi connectivity index (χ0) is 33.7. The van der Waals surface area contributed by atoms with Crippen molar-refractivity contribution in [2.45, 2.75) is 110 Å². The van der Waals surface area contributed by atoms with Crippen molar-refractivity contribution in [1.29, 1.82) is 0 Å². The number of piperazine rings is 1. The van der Waals surface area contributed by atoms with Crippen LogP contribution in [0.4, 0.5) is 4.39 Å². The van der Waals surface area contributed by atoms with Gasteiger partial charge in [-0.15, -0.1) is 0 Å². The quantitative estimate of drug-likeness (QED) is 0.0665. The van der Waals surface area contributed by atoms with Gasteiger partial charge >= 0.3 is 0 Å². The van der Waals surface area contributed by atoms with Crippen LogP contribution in [-0.2, 0) is 0 Å². The summed E-state index contributed by atoms with van der Waals surface area (Å²) in [4.78, 5) is 17.6. The van der Waals surface area contributed by atoms with Gasteiger partial charge in [0.2, 0.25) is 5.75 Å². The zero-order valence-electron chi connectivity index (χ0n) is 28.9. The maximum absolute atomic E-state index is 13.3. The summed E-state index contributed by atoms with van der Waals surface area (Å²) < 4.78 is 25.2. The van der Waals surface area contributed by atoms with Gasteiger partial charge in [0, 0.05) is 50.6 Å². The summed E-state index contributed by atoms with van der Waals surface area (Å²) in [6.45, 7) is 8.78. The Hall–Kier alpha value is -3.10. The van der Waals surface area contributed by atoms with Crippen molar-refractivity contribution in [1.82, 2.24) is 9.80 Å². The minimum atomic E-state index is -0.682. The number of carbonyl (C=O) groups excluding carboxylic acids is 1. The fraction of sp³-hybridized carbons (Fsp3) is 0.615. The first-order valence-corrected chi connectivity index (χ1v) is 18.2. The van der Waals surface area contributed by atoms with E-state index < -0.39 is 6.10 Å². The summed E-state index contributed by atoms with van der Waals surface area (Å²) in [5.74, 6) is 0.0371. The van der Waals surface area contributed by atoms with Crippen LogP contribution in [0.5, 0.6) is 17.2 Å². The lowest BCUT2D eigenvalue weighted by molar-refractivity contribution is 0.0852. The summed E-state index contributed by atoms with van der Waals surface area (Å²) in [6.07, 6.45) is 19.0. The van der Waals surface area contributed by atoms with Crippen LogP contribution in [0.1, 0.15) is 126 Å². The molecule has 0 aliphatic carbocycles. The number of ether oxygens (including phenoxy) is 2. The van der Waals surface area contributed by atoms with Crippen molar-refractivity contribution in [2.24, 2.45) is 0 Å². The molecule has 0 aromatic heterocycles. The van der Waals surface area contributed by atoms with Gasteiger partial charge in [-0.3, -0.25) is 9.69 Å². The molecule has 0 bridgehead atoms. The number of ketones is 1. The number of halogens is 1. The van der Waals surface area contributed by atoms with E-state index in [4.69, 9.17) is 9.47 Å². The fourth-order valence-corrected chi connectivity index (χ4v) is 5.83. The minimum absolute atomic E-state index is 0.0460. The smallest absolute Gasteiger partial charge is 0.200 e. The Balaban J connectivity index is 1.54. The first-order valence-electron chi connectivity index (χ1n) is 18.2. The van der Waals surface area contributed by atoms with Crippen LogP contribution in [0, 0.1) is 5.82 Å². The largest absolute Gasteiger partial charge is 0.502 e. The standard InChI is InChI=1S/C39H59FN2O5/c1-3-5-7-9-11-13-15-27-46-37-29-33(30-38(39(37)45)47-28-16-14-12-10-8-6-4-2)35(43)21-22-41-23-25-42(26-24-41)31-36(44)32-17-19-34(40)20-18-32/h17-22,29-30,36,44-45H,3-16,23-28,31H2,1-2H3. The number of aliphatic hydroxyl groups is 1. The number of hydrogen-bond acceptors (Lipinski definition) is 7. The number of phenols is 1. The lowest BCUT2D eigenvalue weighted by atomic mass is 10.1. The summed E-state index contributed by atoms with van der Waals surface area (Å²) in [5.41, 5.74) is 1.12. The molecule has 3 rings (SSSR count). The van der Waals surface area contributed by atoms with Crippen molar-refractivity contribution in [3.8, 4) is 17.2 Å². The van der Waals surface area contributed by atoms with E-state index in [0.717, 1.165) is 51.9 Å². The molecule has 8 heteroatoms. The highest BCUT2D eigenvalue weighted by Crippen LogP contribution is 2.38. The normalized spacial score (nSPS) is 14.5. The summed E-state index contributed by atoms with van der Waals surface area (Å²) in [7, 11) is 0. The number of rotatable bonds is 24. The van der Waals surface area contributed by atoms with Crippen molar-refractivity contribution < 1.29 is 28.9 Å². The van der Waals surface area contributed by atoms with Gasteiger partial charge in [-0.1, -0.05) is 103 Å². The second-order valence-electron chi connectivity index (χ2n) is 12.8. The summed E-state index contributed by atoms with van der Waals surface area (Å²) >= 11 is 0. The van der Waals surface area contributed by atoms with E-state index in [2.05, 4.69) is 23.6 Å². The molecule has 1 atom stereocenters. The van der Waals surface area contributed by atoms with Gasteiger partial charge in [-0.2, -0.15) is 0 Å². The fourth-order valence-electron chi connectivity index (χ4n) is 5.83. The van der Waals surface area contributed by atoms with E-state index in [0.29, 0.717) is 30.9 Å². The van der Waals surface area contributed by atoms with Gasteiger partial charge in [0.25, 0.3) is 0 Å². The van der Waals surface area contributed by atoms with E-state index in [1.165, 1.54) is 76.3 Å². The monoisotopic (exact) mass is 654 g/mol. The van der Waals surface area contributed by atoms with Gasteiger partial charge in [0.15, 0.2) is 17.3 Å². The molecule has 1 fully saturated rings. The van der Waals surface area contributed by atoms with Gasteiger partial charge in [0.05, 0.1) is 19.3 Å². The molecule has 262 valence electrons. The number of carbonyl (C=O) groups is 1. The zero-order valence-corrected chi connectivity index (χ0v) is 28.9. The Morgan fingerprint density at radius 3 is 1.79 bits per heavy atom. The first kappa shape index (κ1) is 38.3. The summed E-state index contributed by atoms with van der Waals surface area (Å²) in [5, 5.41) is 21.5. The average molecular weight is 655 g/mol. The van der Waals surface area contributed by atoms with Crippen LogP contribution in [0.25, 0.3) is 0 Å². The molecule has 7 nitrogen and oxygen atoms in total. The van der Waals surface area contributed by atoms with Crippen LogP contribution in [0.3, 0.4) is 0 Å². The van der Waals surface area contributed by atoms with E-state index in [1.807, 2.05) is 6.20 Å². The topological polar surface area (TPSA) is 82.5 Å². The van der Waals surface area contributed by atoms with Gasteiger partial charge in [-0.25, -0.2) is 4.39 Å². The molecule has 1 aliphatic rings. The van der Waals surface area contributed by atoms with Crippen molar-refractivity contribution in [3.05, 3.63) is 65.6 Å². The lowest BCUT2D eigenvalue weighted by Gasteiger charge is -2.35. The average Bonchev–Trinajstić information content (AvgIpc) is 3.08. The molecular formula is C39H59FN2O5. The molecule has 1 unspecified atom stereocenters. The highest BCUT2D eigenvalue weighted by atomic mass is 19.1. The molecule has 1 heterocycles. The second-order valence-corrected chi connectivity index (χ2v) is 12.8. The SMILES string of the molecule is CCCCCCCCCOc1cc(C(=O)C=CN2CCN(CC(O)c3ccc(F)cc3)CC2)cc(OCCCCCCCCC)c1O. The molecule has 1 saturated heterocycles. The van der Waals surface area contributed by atoms with Crippen LogP contribution < -0.4 is 9.47 Å². The molecule has 2 N–H and O–H groups in total.